The molecule has 0 fully saturated rings. The largest absolute Gasteiger partial charge is 0.565 e. The molecule has 158 valence electrons. The van der Waals surface area contributed by atoms with Gasteiger partial charge in [-0.3, -0.25) is 0 Å². The lowest BCUT2D eigenvalue weighted by Gasteiger charge is -2.13. The highest BCUT2D eigenvalue weighted by Crippen LogP contribution is 2.08. The molecule has 4 nitrogen and oxygen atoms in total. The van der Waals surface area contributed by atoms with E-state index in [1.165, 1.54) is 116 Å². The van der Waals surface area contributed by atoms with Gasteiger partial charge in [-0.2, -0.15) is 0 Å². The van der Waals surface area contributed by atoms with E-state index in [-0.39, 0.29) is 0 Å². The Bertz CT molecular complexity index is 248. The van der Waals surface area contributed by atoms with Crippen LogP contribution in [0.5, 0.6) is 0 Å². The molecule has 0 spiro atoms. The summed E-state index contributed by atoms with van der Waals surface area (Å²) in [5, 5.41) is 15.3. The number of nitrogens with one attached hydrogen (secondary N) is 1. The maximum absolute atomic E-state index is 8.44. The van der Waals surface area contributed by atoms with E-state index >= 15 is 0 Å². The molecule has 0 aromatic rings. The van der Waals surface area contributed by atoms with Gasteiger partial charge in [-0.05, 0) is 25.7 Å². The van der Waals surface area contributed by atoms with Gasteiger partial charge < -0.3 is 19.9 Å². The summed E-state index contributed by atoms with van der Waals surface area (Å²) < 4.78 is 0. The summed E-state index contributed by atoms with van der Waals surface area (Å²) in [7, 11) is 2.39. The molecule has 26 heavy (non-hydrogen) atoms. The Morgan fingerprint density at radius 2 is 0.885 bits per heavy atom. The maximum Gasteiger partial charge on any atom is 0.249 e. The fourth-order valence-electron chi connectivity index (χ4n) is 3.25. The van der Waals surface area contributed by atoms with Gasteiger partial charge in [0.05, 0.1) is 20.1 Å². The topological polar surface area (TPSA) is 64.8 Å². The zero-order chi connectivity index (χ0) is 19.9. The predicted molar refractivity (Wildman–Crippen MR) is 110 cm³/mol. The highest BCUT2D eigenvalue weighted by atomic mass is 16.6. The van der Waals surface area contributed by atoms with Gasteiger partial charge in [0.1, 0.15) is 0 Å². The molecule has 0 atom stereocenters. The van der Waals surface area contributed by atoms with Gasteiger partial charge in [0.2, 0.25) is 6.16 Å². The molecule has 0 rings (SSSR count). The Kier molecular flexibility index (Phi) is 25.6. The first kappa shape index (κ1) is 27.4. The van der Waals surface area contributed by atoms with Crippen molar-refractivity contribution in [2.45, 2.75) is 117 Å². The quantitative estimate of drug-likeness (QED) is 0.343. The van der Waals surface area contributed by atoms with Crippen molar-refractivity contribution in [3.63, 3.8) is 0 Å². The molecule has 0 aromatic carbocycles. The van der Waals surface area contributed by atoms with Gasteiger partial charge in [0, 0.05) is 0 Å². The third kappa shape index (κ3) is 31.0. The summed E-state index contributed by atoms with van der Waals surface area (Å²) in [6.45, 7) is 7.38. The van der Waals surface area contributed by atoms with E-state index in [0.717, 1.165) is 0 Å². The van der Waals surface area contributed by atoms with Crippen LogP contribution >= 0.6 is 0 Å². The third-order valence-corrected chi connectivity index (χ3v) is 4.91. The molecule has 0 aliphatic heterocycles. The molecule has 0 bridgehead atoms. The van der Waals surface area contributed by atoms with Crippen LogP contribution in [0.1, 0.15) is 117 Å². The summed E-state index contributed by atoms with van der Waals surface area (Å²) in [5.74, 6) is 0. The first-order chi connectivity index (χ1) is 12.5. The van der Waals surface area contributed by atoms with Crippen LogP contribution in [0.2, 0.25) is 0 Å². The van der Waals surface area contributed by atoms with E-state index in [2.05, 4.69) is 20.9 Å². The van der Waals surface area contributed by atoms with Gasteiger partial charge in [0.25, 0.3) is 0 Å². The van der Waals surface area contributed by atoms with Crippen LogP contribution in [0.25, 0.3) is 0 Å². The average Bonchev–Trinajstić information content (AvgIpc) is 2.59. The predicted octanol–water partition coefficient (Wildman–Crippen LogP) is 4.67. The van der Waals surface area contributed by atoms with E-state index in [9.17, 15) is 0 Å². The van der Waals surface area contributed by atoms with Crippen LogP contribution in [0.15, 0.2) is 0 Å². The summed E-state index contributed by atoms with van der Waals surface area (Å²) in [6, 6.07) is 0. The second-order valence-corrected chi connectivity index (χ2v) is 7.67. The normalized spacial score (nSPS) is 10.6. The van der Waals surface area contributed by atoms with Crippen molar-refractivity contribution < 1.29 is 19.9 Å². The molecule has 4 heteroatoms. The monoisotopic (exact) mass is 373 g/mol. The second kappa shape index (κ2) is 24.2. The van der Waals surface area contributed by atoms with Crippen LogP contribution in [0, 0.1) is 0 Å². The SMILES string of the molecule is CCCCCCCCCC[NH+](C)CCCCCCCCCC.O=C([O-])O. The molecule has 2 N–H and O–H groups in total. The highest BCUT2D eigenvalue weighted by molar-refractivity contribution is 5.50. The zero-order valence-electron chi connectivity index (χ0n) is 18.0. The lowest BCUT2D eigenvalue weighted by molar-refractivity contribution is -0.880. The van der Waals surface area contributed by atoms with Gasteiger partial charge in [-0.1, -0.05) is 90.9 Å². The Labute approximate surface area is 163 Å². The fraction of sp³-hybridized carbons (Fsp3) is 0.955. The van der Waals surface area contributed by atoms with Crippen LogP contribution in [0.4, 0.5) is 4.79 Å². The lowest BCUT2D eigenvalue weighted by atomic mass is 10.1. The van der Waals surface area contributed by atoms with Gasteiger partial charge >= 0.3 is 0 Å². The minimum absolute atomic E-state index is 1.37. The average molecular weight is 374 g/mol. The fourth-order valence-corrected chi connectivity index (χ4v) is 3.25. The molecule has 0 aliphatic carbocycles. The van der Waals surface area contributed by atoms with E-state index in [4.69, 9.17) is 15.0 Å². The van der Waals surface area contributed by atoms with Crippen LogP contribution in [-0.2, 0) is 0 Å². The van der Waals surface area contributed by atoms with Crippen LogP contribution in [-0.4, -0.2) is 31.4 Å². The van der Waals surface area contributed by atoms with E-state index in [1.54, 1.807) is 4.90 Å². The molecule has 0 saturated carbocycles. The van der Waals surface area contributed by atoms with Gasteiger partial charge in [-0.25, -0.2) is 0 Å². The number of quaternary nitrogens is 1. The summed E-state index contributed by atoms with van der Waals surface area (Å²) >= 11 is 0. The molecular formula is C22H47NO3. The summed E-state index contributed by atoms with van der Waals surface area (Å²) in [4.78, 5) is 10.2. The van der Waals surface area contributed by atoms with Crippen molar-refractivity contribution in [1.29, 1.82) is 0 Å². The Morgan fingerprint density at radius 3 is 1.15 bits per heavy atom. The van der Waals surface area contributed by atoms with Crippen molar-refractivity contribution in [2.75, 3.05) is 20.1 Å². The van der Waals surface area contributed by atoms with Gasteiger partial charge in [0.15, 0.2) is 0 Å². The standard InChI is InChI=1S/C21H45N.CH2O3/c1-4-6-8-10-12-14-16-18-20-22(3)21-19-17-15-13-11-9-7-5-2;2-1(3)4/h4-21H2,1-3H3;(H2,2,3,4). The Morgan fingerprint density at radius 1 is 0.654 bits per heavy atom. The Balaban J connectivity index is 0. The molecule has 0 unspecified atom stereocenters. The number of hydrogen-bond donors (Lipinski definition) is 2. The second-order valence-electron chi connectivity index (χ2n) is 7.67. The van der Waals surface area contributed by atoms with Gasteiger partial charge in [-0.15, -0.1) is 0 Å². The minimum atomic E-state index is -2.08. The number of carbonyl (C=O) groups is 1. The Hall–Kier alpha value is -0.770. The number of hydrogen-bond acceptors (Lipinski definition) is 2. The summed E-state index contributed by atoms with van der Waals surface area (Å²) in [5.41, 5.74) is 0. The molecule has 0 aromatic heterocycles. The molecule has 0 aliphatic rings. The number of unbranched alkanes of at least 4 members (excludes halogenated alkanes) is 14. The summed E-state index contributed by atoms with van der Waals surface area (Å²) in [6.07, 6.45) is 21.0. The first-order valence-corrected chi connectivity index (χ1v) is 11.3. The van der Waals surface area contributed by atoms with E-state index < -0.39 is 6.16 Å². The smallest absolute Gasteiger partial charge is 0.249 e. The molecule has 0 saturated heterocycles. The zero-order valence-corrected chi connectivity index (χ0v) is 18.0. The van der Waals surface area contributed by atoms with E-state index in [1.807, 2.05) is 0 Å². The van der Waals surface area contributed by atoms with Crippen LogP contribution < -0.4 is 10.0 Å². The van der Waals surface area contributed by atoms with Crippen molar-refractivity contribution >= 4 is 6.16 Å². The molecule has 0 amide bonds. The van der Waals surface area contributed by atoms with Crippen molar-refractivity contribution in [1.82, 2.24) is 0 Å². The van der Waals surface area contributed by atoms with Crippen LogP contribution in [0.3, 0.4) is 0 Å². The lowest BCUT2D eigenvalue weighted by Crippen LogP contribution is -3.09. The highest BCUT2D eigenvalue weighted by Gasteiger charge is 2.01. The van der Waals surface area contributed by atoms with E-state index in [0.29, 0.717) is 0 Å². The number of carboxylic acid groups (broad SMARTS) is 2. The minimum Gasteiger partial charge on any atom is -0.565 e. The van der Waals surface area contributed by atoms with Crippen molar-refractivity contribution in [2.24, 2.45) is 0 Å². The molecule has 0 radical (unpaired) electrons. The molecular weight excluding hydrogens is 326 g/mol. The van der Waals surface area contributed by atoms with Crippen molar-refractivity contribution in [3.8, 4) is 0 Å². The molecule has 0 heterocycles. The van der Waals surface area contributed by atoms with Crippen molar-refractivity contribution in [3.05, 3.63) is 0 Å². The maximum atomic E-state index is 8.44. The third-order valence-electron chi connectivity index (χ3n) is 4.91. The number of rotatable bonds is 18. The first-order valence-electron chi connectivity index (χ1n) is 11.3.